The van der Waals surface area contributed by atoms with Gasteiger partial charge in [-0.2, -0.15) is 13.2 Å². The number of hydrogen-bond acceptors (Lipinski definition) is 3. The SMILES string of the molecule is CC(C)(O)C(C)(C)NCC(O)C(F)(F)F. The van der Waals surface area contributed by atoms with Crippen LogP contribution in [0.2, 0.25) is 0 Å². The summed E-state index contributed by atoms with van der Waals surface area (Å²) in [5.74, 6) is 0. The average Bonchev–Trinajstić information content (AvgIpc) is 1.96. The lowest BCUT2D eigenvalue weighted by Crippen LogP contribution is -2.58. The van der Waals surface area contributed by atoms with E-state index in [0.29, 0.717) is 0 Å². The summed E-state index contributed by atoms with van der Waals surface area (Å²) in [5.41, 5.74) is -2.10. The zero-order valence-electron chi connectivity index (χ0n) is 9.31. The van der Waals surface area contributed by atoms with Crippen molar-refractivity contribution in [3.8, 4) is 0 Å². The molecule has 1 atom stereocenters. The summed E-state index contributed by atoms with van der Waals surface area (Å²) >= 11 is 0. The van der Waals surface area contributed by atoms with E-state index in [9.17, 15) is 18.3 Å². The topological polar surface area (TPSA) is 52.5 Å². The minimum Gasteiger partial charge on any atom is -0.389 e. The Balaban J connectivity index is 4.29. The maximum absolute atomic E-state index is 12.0. The van der Waals surface area contributed by atoms with Gasteiger partial charge in [0.05, 0.1) is 5.60 Å². The zero-order valence-corrected chi connectivity index (χ0v) is 9.31. The van der Waals surface area contributed by atoms with Gasteiger partial charge < -0.3 is 15.5 Å². The number of β-amino-alcohol motifs (C(OH)–C–C–N with tert-alkyl or cyclic N) is 1. The van der Waals surface area contributed by atoms with Gasteiger partial charge in [0.15, 0.2) is 6.10 Å². The maximum atomic E-state index is 12.0. The average molecular weight is 229 g/mol. The number of rotatable bonds is 4. The molecule has 92 valence electrons. The first-order chi connectivity index (χ1) is 6.38. The zero-order chi connectivity index (χ0) is 12.5. The Kier molecular flexibility index (Phi) is 4.18. The van der Waals surface area contributed by atoms with Gasteiger partial charge in [0.25, 0.3) is 0 Å². The molecule has 3 nitrogen and oxygen atoms in total. The summed E-state index contributed by atoms with van der Waals surface area (Å²) in [6, 6.07) is 0. The third-order valence-corrected chi connectivity index (χ3v) is 2.64. The first-order valence-electron chi connectivity index (χ1n) is 4.60. The van der Waals surface area contributed by atoms with Crippen molar-refractivity contribution in [1.82, 2.24) is 5.32 Å². The Morgan fingerprint density at radius 3 is 1.80 bits per heavy atom. The van der Waals surface area contributed by atoms with Crippen LogP contribution in [0.15, 0.2) is 0 Å². The van der Waals surface area contributed by atoms with Crippen molar-refractivity contribution in [2.75, 3.05) is 6.54 Å². The van der Waals surface area contributed by atoms with Crippen molar-refractivity contribution in [3.63, 3.8) is 0 Å². The van der Waals surface area contributed by atoms with E-state index in [0.717, 1.165) is 0 Å². The molecule has 6 heteroatoms. The Hall–Kier alpha value is -0.330. The van der Waals surface area contributed by atoms with Crippen molar-refractivity contribution in [2.24, 2.45) is 0 Å². The van der Waals surface area contributed by atoms with Gasteiger partial charge in [0.1, 0.15) is 0 Å². The summed E-state index contributed by atoms with van der Waals surface area (Å²) in [6.45, 7) is 5.46. The lowest BCUT2D eigenvalue weighted by Gasteiger charge is -2.38. The van der Waals surface area contributed by atoms with Crippen LogP contribution in [0.3, 0.4) is 0 Å². The number of nitrogens with one attached hydrogen (secondary N) is 1. The largest absolute Gasteiger partial charge is 0.415 e. The molecule has 0 rings (SSSR count). The quantitative estimate of drug-likeness (QED) is 0.675. The van der Waals surface area contributed by atoms with E-state index in [1.807, 2.05) is 0 Å². The van der Waals surface area contributed by atoms with Crippen molar-refractivity contribution in [1.29, 1.82) is 0 Å². The van der Waals surface area contributed by atoms with Crippen molar-refractivity contribution < 1.29 is 23.4 Å². The third-order valence-electron chi connectivity index (χ3n) is 2.64. The standard InChI is InChI=1S/C9H18F3NO2/c1-7(2,8(3,4)15)13-5-6(14)9(10,11)12/h6,13-15H,5H2,1-4H3. The number of alkyl halides is 3. The molecule has 0 heterocycles. The van der Waals surface area contributed by atoms with E-state index >= 15 is 0 Å². The molecule has 0 aliphatic carbocycles. The van der Waals surface area contributed by atoms with Gasteiger partial charge in [-0.25, -0.2) is 0 Å². The Morgan fingerprint density at radius 2 is 1.53 bits per heavy atom. The molecule has 0 radical (unpaired) electrons. The van der Waals surface area contributed by atoms with Crippen LogP contribution in [0.4, 0.5) is 13.2 Å². The predicted molar refractivity (Wildman–Crippen MR) is 50.4 cm³/mol. The molecule has 0 amide bonds. The number of halogens is 3. The Morgan fingerprint density at radius 1 is 1.13 bits per heavy atom. The summed E-state index contributed by atoms with van der Waals surface area (Å²) < 4.78 is 35.9. The highest BCUT2D eigenvalue weighted by molar-refractivity contribution is 4.94. The highest BCUT2D eigenvalue weighted by atomic mass is 19.4. The summed E-state index contributed by atoms with van der Waals surface area (Å²) in [5, 5.41) is 20.9. The second kappa shape index (κ2) is 4.27. The number of aliphatic hydroxyl groups is 2. The van der Waals surface area contributed by atoms with Gasteiger partial charge in [0, 0.05) is 12.1 Å². The molecule has 0 spiro atoms. The van der Waals surface area contributed by atoms with Crippen LogP contribution in [-0.4, -0.2) is 40.2 Å². The van der Waals surface area contributed by atoms with Crippen LogP contribution in [0, 0.1) is 0 Å². The van der Waals surface area contributed by atoms with E-state index in [1.165, 1.54) is 13.8 Å². The van der Waals surface area contributed by atoms with Gasteiger partial charge in [-0.1, -0.05) is 0 Å². The molecule has 3 N–H and O–H groups in total. The molecule has 0 aromatic rings. The molecular formula is C9H18F3NO2. The molecule has 0 aliphatic rings. The van der Waals surface area contributed by atoms with E-state index < -0.39 is 30.0 Å². The van der Waals surface area contributed by atoms with Crippen LogP contribution in [-0.2, 0) is 0 Å². The molecule has 0 saturated carbocycles. The van der Waals surface area contributed by atoms with Crippen LogP contribution >= 0.6 is 0 Å². The minimum absolute atomic E-state index is 0.638. The molecule has 0 saturated heterocycles. The first-order valence-corrected chi connectivity index (χ1v) is 4.60. The molecule has 0 fully saturated rings. The molecule has 0 aliphatic heterocycles. The van der Waals surface area contributed by atoms with Crippen LogP contribution in [0.5, 0.6) is 0 Å². The fourth-order valence-electron chi connectivity index (χ4n) is 0.684. The first kappa shape index (κ1) is 14.7. The molecule has 1 unspecified atom stereocenters. The molecule has 0 aromatic carbocycles. The van der Waals surface area contributed by atoms with Gasteiger partial charge in [0.2, 0.25) is 0 Å². The molecule has 0 bridgehead atoms. The van der Waals surface area contributed by atoms with E-state index in [4.69, 9.17) is 5.11 Å². The fourth-order valence-corrected chi connectivity index (χ4v) is 0.684. The van der Waals surface area contributed by atoms with E-state index in [-0.39, 0.29) is 0 Å². The highest BCUT2D eigenvalue weighted by Crippen LogP contribution is 2.23. The molecule has 15 heavy (non-hydrogen) atoms. The summed E-state index contributed by atoms with van der Waals surface area (Å²) in [6.07, 6.45) is -7.05. The van der Waals surface area contributed by atoms with Crippen LogP contribution in [0.25, 0.3) is 0 Å². The number of aliphatic hydroxyl groups excluding tert-OH is 1. The third kappa shape index (κ3) is 4.36. The lowest BCUT2D eigenvalue weighted by molar-refractivity contribution is -0.203. The second-order valence-corrected chi connectivity index (χ2v) is 4.62. The van der Waals surface area contributed by atoms with Crippen molar-refractivity contribution >= 4 is 0 Å². The monoisotopic (exact) mass is 229 g/mol. The highest BCUT2D eigenvalue weighted by Gasteiger charge is 2.41. The van der Waals surface area contributed by atoms with Crippen LogP contribution in [0.1, 0.15) is 27.7 Å². The van der Waals surface area contributed by atoms with Gasteiger partial charge in [-0.05, 0) is 27.7 Å². The van der Waals surface area contributed by atoms with E-state index in [2.05, 4.69) is 5.32 Å². The molecule has 0 aromatic heterocycles. The normalized spacial score (nSPS) is 16.6. The smallest absolute Gasteiger partial charge is 0.389 e. The van der Waals surface area contributed by atoms with Crippen LogP contribution < -0.4 is 5.32 Å². The Bertz CT molecular complexity index is 208. The van der Waals surface area contributed by atoms with Crippen molar-refractivity contribution in [3.05, 3.63) is 0 Å². The minimum atomic E-state index is -4.64. The fraction of sp³-hybridized carbons (Fsp3) is 1.00. The van der Waals surface area contributed by atoms with E-state index in [1.54, 1.807) is 13.8 Å². The summed E-state index contributed by atoms with van der Waals surface area (Å²) in [7, 11) is 0. The molecular weight excluding hydrogens is 211 g/mol. The predicted octanol–water partition coefficient (Wildman–Crippen LogP) is 1.05. The summed E-state index contributed by atoms with van der Waals surface area (Å²) in [4.78, 5) is 0. The lowest BCUT2D eigenvalue weighted by atomic mass is 9.86. The van der Waals surface area contributed by atoms with Gasteiger partial charge >= 0.3 is 6.18 Å². The van der Waals surface area contributed by atoms with Gasteiger partial charge in [-0.15, -0.1) is 0 Å². The Labute approximate surface area is 87.3 Å². The second-order valence-electron chi connectivity index (χ2n) is 4.62. The maximum Gasteiger partial charge on any atom is 0.415 e. The van der Waals surface area contributed by atoms with Crippen molar-refractivity contribution in [2.45, 2.75) is 51.1 Å². The number of hydrogen-bond donors (Lipinski definition) is 3. The van der Waals surface area contributed by atoms with Gasteiger partial charge in [-0.3, -0.25) is 0 Å².